The van der Waals surface area contributed by atoms with Gasteiger partial charge in [0, 0.05) is 45.2 Å². The summed E-state index contributed by atoms with van der Waals surface area (Å²) in [5.74, 6) is 0.856. The second kappa shape index (κ2) is 16.3. The van der Waals surface area contributed by atoms with Gasteiger partial charge in [-0.25, -0.2) is 0 Å². The summed E-state index contributed by atoms with van der Waals surface area (Å²) in [5, 5.41) is -0.240. The zero-order chi connectivity index (χ0) is 31.5. The quantitative estimate of drug-likeness (QED) is 0.130. The van der Waals surface area contributed by atoms with Crippen molar-refractivity contribution in [3.05, 3.63) is 136 Å². The molecule has 0 amide bonds. The SMILES string of the molecule is FC(F)(F)c1cccc(CN(CCCOc2cccc(CCN3CCOCC3)c2)CC(c2ccccc2)c2ccccc2)c1Cl. The number of hydrogen-bond acceptors (Lipinski definition) is 4. The van der Waals surface area contributed by atoms with Gasteiger partial charge in [0.05, 0.1) is 30.4 Å². The number of hydrogen-bond donors (Lipinski definition) is 0. The Labute approximate surface area is 269 Å². The molecule has 238 valence electrons. The van der Waals surface area contributed by atoms with Crippen LogP contribution in [0.2, 0.25) is 5.02 Å². The summed E-state index contributed by atoms with van der Waals surface area (Å²) in [4.78, 5) is 4.61. The number of nitrogens with zero attached hydrogens (tertiary/aromatic N) is 2. The molecule has 0 unspecified atom stereocenters. The molecule has 8 heteroatoms. The van der Waals surface area contributed by atoms with Crippen LogP contribution >= 0.6 is 11.6 Å². The first-order valence-electron chi connectivity index (χ1n) is 15.6. The molecule has 0 N–H and O–H groups in total. The van der Waals surface area contributed by atoms with E-state index in [-0.39, 0.29) is 17.5 Å². The van der Waals surface area contributed by atoms with E-state index < -0.39 is 11.7 Å². The van der Waals surface area contributed by atoms with Gasteiger partial charge in [-0.1, -0.05) is 96.5 Å². The van der Waals surface area contributed by atoms with Gasteiger partial charge < -0.3 is 9.47 Å². The molecule has 4 nitrogen and oxygen atoms in total. The van der Waals surface area contributed by atoms with Crippen LogP contribution in [0.3, 0.4) is 0 Å². The summed E-state index contributed by atoms with van der Waals surface area (Å²) in [6.45, 7) is 6.51. The molecule has 0 spiro atoms. The Bertz CT molecular complexity index is 1420. The number of halogens is 4. The Balaban J connectivity index is 1.28. The number of benzene rings is 4. The highest BCUT2D eigenvalue weighted by Gasteiger charge is 2.34. The molecular formula is C37H40ClF3N2O2. The summed E-state index contributed by atoms with van der Waals surface area (Å²) < 4.78 is 52.6. The molecule has 5 rings (SSSR count). The average molecular weight is 637 g/mol. The van der Waals surface area contributed by atoms with E-state index in [0.29, 0.717) is 31.7 Å². The predicted octanol–water partition coefficient (Wildman–Crippen LogP) is 8.34. The summed E-state index contributed by atoms with van der Waals surface area (Å²) in [6.07, 6.45) is -2.87. The molecule has 0 saturated carbocycles. The molecule has 0 radical (unpaired) electrons. The first-order valence-corrected chi connectivity index (χ1v) is 15.9. The zero-order valence-electron chi connectivity index (χ0n) is 25.4. The lowest BCUT2D eigenvalue weighted by Crippen LogP contribution is -2.37. The lowest BCUT2D eigenvalue weighted by molar-refractivity contribution is -0.137. The average Bonchev–Trinajstić information content (AvgIpc) is 3.06. The maximum absolute atomic E-state index is 13.7. The summed E-state index contributed by atoms with van der Waals surface area (Å²) in [7, 11) is 0. The minimum atomic E-state index is -4.51. The maximum Gasteiger partial charge on any atom is 0.417 e. The third-order valence-corrected chi connectivity index (χ3v) is 8.68. The van der Waals surface area contributed by atoms with Gasteiger partial charge in [0.15, 0.2) is 0 Å². The van der Waals surface area contributed by atoms with Crippen LogP contribution in [-0.2, 0) is 23.9 Å². The monoisotopic (exact) mass is 636 g/mol. The van der Waals surface area contributed by atoms with Crippen molar-refractivity contribution < 1.29 is 22.6 Å². The van der Waals surface area contributed by atoms with E-state index in [1.165, 1.54) is 11.6 Å². The Morgan fingerprint density at radius 2 is 1.51 bits per heavy atom. The van der Waals surface area contributed by atoms with Gasteiger partial charge in [0.1, 0.15) is 5.75 Å². The molecule has 1 saturated heterocycles. The normalized spacial score (nSPS) is 14.3. The van der Waals surface area contributed by atoms with Gasteiger partial charge in [0.25, 0.3) is 0 Å². The maximum atomic E-state index is 13.7. The van der Waals surface area contributed by atoms with E-state index in [9.17, 15) is 13.2 Å². The van der Waals surface area contributed by atoms with Crippen molar-refractivity contribution in [1.29, 1.82) is 0 Å². The summed E-state index contributed by atoms with van der Waals surface area (Å²) in [6, 6.07) is 32.8. The molecular weight excluding hydrogens is 597 g/mol. The van der Waals surface area contributed by atoms with E-state index in [4.69, 9.17) is 21.1 Å². The molecule has 4 aromatic carbocycles. The van der Waals surface area contributed by atoms with Crippen LogP contribution in [-0.4, -0.2) is 62.3 Å². The Kier molecular flexibility index (Phi) is 11.9. The van der Waals surface area contributed by atoms with Gasteiger partial charge in [-0.2, -0.15) is 13.2 Å². The van der Waals surface area contributed by atoms with E-state index in [1.807, 2.05) is 48.5 Å². The molecule has 1 aliphatic heterocycles. The first-order chi connectivity index (χ1) is 21.9. The molecule has 0 atom stereocenters. The molecule has 1 fully saturated rings. The molecule has 45 heavy (non-hydrogen) atoms. The van der Waals surface area contributed by atoms with E-state index in [0.717, 1.165) is 62.2 Å². The number of alkyl halides is 3. The van der Waals surface area contributed by atoms with Crippen LogP contribution < -0.4 is 4.74 Å². The standard InChI is InChI=1S/C37H40ClF3N2O2/c38-36-32(15-8-17-35(36)37(39,40)41)27-43(28-34(30-11-3-1-4-12-30)31-13-5-2-6-14-31)19-9-23-45-33-16-7-10-29(26-33)18-20-42-21-24-44-25-22-42/h1-8,10-17,26,34H,9,18-25,27-28H2. The fourth-order valence-corrected chi connectivity index (χ4v) is 6.10. The third kappa shape index (κ3) is 9.81. The van der Waals surface area contributed by atoms with Crippen molar-refractivity contribution in [1.82, 2.24) is 9.80 Å². The smallest absolute Gasteiger partial charge is 0.417 e. The molecule has 0 aliphatic carbocycles. The lowest BCUT2D eigenvalue weighted by Gasteiger charge is -2.29. The zero-order valence-corrected chi connectivity index (χ0v) is 26.1. The molecule has 1 heterocycles. The minimum Gasteiger partial charge on any atom is -0.494 e. The van der Waals surface area contributed by atoms with Crippen molar-refractivity contribution in [2.24, 2.45) is 0 Å². The van der Waals surface area contributed by atoms with Crippen molar-refractivity contribution in [2.45, 2.75) is 31.5 Å². The Hall–Kier alpha value is -3.36. The van der Waals surface area contributed by atoms with Gasteiger partial charge >= 0.3 is 6.18 Å². The Morgan fingerprint density at radius 3 is 2.18 bits per heavy atom. The number of ether oxygens (including phenoxy) is 2. The van der Waals surface area contributed by atoms with Crippen molar-refractivity contribution in [3.63, 3.8) is 0 Å². The highest BCUT2D eigenvalue weighted by molar-refractivity contribution is 6.32. The van der Waals surface area contributed by atoms with Crippen molar-refractivity contribution in [2.75, 3.05) is 52.5 Å². The Morgan fingerprint density at radius 1 is 0.844 bits per heavy atom. The molecule has 0 bridgehead atoms. The lowest BCUT2D eigenvalue weighted by atomic mass is 9.90. The fraction of sp³-hybridized carbons (Fsp3) is 0.351. The minimum absolute atomic E-state index is 0.0287. The summed E-state index contributed by atoms with van der Waals surface area (Å²) in [5.41, 5.74) is 3.18. The highest BCUT2D eigenvalue weighted by Crippen LogP contribution is 2.37. The van der Waals surface area contributed by atoms with E-state index >= 15 is 0 Å². The summed E-state index contributed by atoms with van der Waals surface area (Å²) >= 11 is 6.36. The van der Waals surface area contributed by atoms with E-state index in [2.05, 4.69) is 46.2 Å². The van der Waals surface area contributed by atoms with Crippen LogP contribution in [0.25, 0.3) is 0 Å². The first kappa shape index (κ1) is 33.0. The topological polar surface area (TPSA) is 24.9 Å². The van der Waals surface area contributed by atoms with Gasteiger partial charge in [-0.05, 0) is 53.3 Å². The van der Waals surface area contributed by atoms with Crippen LogP contribution in [0.4, 0.5) is 13.2 Å². The van der Waals surface area contributed by atoms with Crippen LogP contribution in [0, 0.1) is 0 Å². The predicted molar refractivity (Wildman–Crippen MR) is 174 cm³/mol. The highest BCUT2D eigenvalue weighted by atomic mass is 35.5. The van der Waals surface area contributed by atoms with Gasteiger partial charge in [-0.3, -0.25) is 9.80 Å². The van der Waals surface area contributed by atoms with E-state index in [1.54, 1.807) is 6.07 Å². The van der Waals surface area contributed by atoms with Gasteiger partial charge in [-0.15, -0.1) is 0 Å². The molecule has 4 aromatic rings. The van der Waals surface area contributed by atoms with Crippen LogP contribution in [0.5, 0.6) is 5.75 Å². The second-order valence-electron chi connectivity index (χ2n) is 11.4. The second-order valence-corrected chi connectivity index (χ2v) is 11.8. The van der Waals surface area contributed by atoms with Crippen molar-refractivity contribution in [3.8, 4) is 5.75 Å². The number of morpholine rings is 1. The molecule has 0 aromatic heterocycles. The number of rotatable bonds is 14. The van der Waals surface area contributed by atoms with Crippen LogP contribution in [0.15, 0.2) is 103 Å². The van der Waals surface area contributed by atoms with Gasteiger partial charge in [0.2, 0.25) is 0 Å². The fourth-order valence-electron chi connectivity index (χ4n) is 5.81. The third-order valence-electron chi connectivity index (χ3n) is 8.23. The largest absolute Gasteiger partial charge is 0.494 e. The van der Waals surface area contributed by atoms with Crippen molar-refractivity contribution >= 4 is 11.6 Å². The molecule has 1 aliphatic rings. The van der Waals surface area contributed by atoms with Crippen LogP contribution in [0.1, 0.15) is 40.2 Å².